The van der Waals surface area contributed by atoms with E-state index in [1.807, 2.05) is 36.4 Å². The molecule has 0 bridgehead atoms. The van der Waals surface area contributed by atoms with Crippen molar-refractivity contribution >= 4 is 23.7 Å². The number of ether oxygens (including phenoxy) is 1. The lowest BCUT2D eigenvalue weighted by Crippen LogP contribution is -2.25. The Balaban J connectivity index is 1.87. The van der Waals surface area contributed by atoms with Crippen molar-refractivity contribution < 1.29 is 9.53 Å². The standard InChI is InChI=1S/C17H15NO2/c1-12-4-2-3-5-14(12)8-6-13-7-9-16-15(10-13)18-17(19)11-20-16/h2-10H,11H2,1H3,(H,18,19). The molecule has 2 aromatic carbocycles. The van der Waals surface area contributed by atoms with Gasteiger partial charge in [-0.25, -0.2) is 0 Å². The molecule has 100 valence electrons. The topological polar surface area (TPSA) is 38.3 Å². The molecule has 0 radical (unpaired) electrons. The third-order valence-electron chi connectivity index (χ3n) is 3.28. The van der Waals surface area contributed by atoms with Gasteiger partial charge in [0.15, 0.2) is 6.61 Å². The summed E-state index contributed by atoms with van der Waals surface area (Å²) in [5.74, 6) is 0.607. The van der Waals surface area contributed by atoms with Crippen LogP contribution in [0.3, 0.4) is 0 Å². The minimum Gasteiger partial charge on any atom is -0.482 e. The zero-order valence-electron chi connectivity index (χ0n) is 11.2. The van der Waals surface area contributed by atoms with Crippen molar-refractivity contribution in [3.63, 3.8) is 0 Å². The van der Waals surface area contributed by atoms with Crippen LogP contribution in [0.5, 0.6) is 5.75 Å². The lowest BCUT2D eigenvalue weighted by molar-refractivity contribution is -0.118. The Morgan fingerprint density at radius 2 is 2.00 bits per heavy atom. The van der Waals surface area contributed by atoms with E-state index in [0.717, 1.165) is 17.0 Å². The molecule has 1 amide bonds. The van der Waals surface area contributed by atoms with Crippen LogP contribution in [0.1, 0.15) is 16.7 Å². The average molecular weight is 265 g/mol. The number of carbonyl (C=O) groups is 1. The van der Waals surface area contributed by atoms with Crippen LogP contribution in [-0.4, -0.2) is 12.5 Å². The fourth-order valence-corrected chi connectivity index (χ4v) is 2.16. The normalized spacial score (nSPS) is 13.8. The van der Waals surface area contributed by atoms with Gasteiger partial charge in [-0.15, -0.1) is 0 Å². The van der Waals surface area contributed by atoms with Crippen LogP contribution >= 0.6 is 0 Å². The number of rotatable bonds is 2. The van der Waals surface area contributed by atoms with E-state index in [4.69, 9.17) is 4.74 Å². The van der Waals surface area contributed by atoms with Crippen LogP contribution in [0, 0.1) is 6.92 Å². The van der Waals surface area contributed by atoms with Gasteiger partial charge < -0.3 is 10.1 Å². The Bertz CT molecular complexity index is 689. The van der Waals surface area contributed by atoms with Crippen LogP contribution < -0.4 is 10.1 Å². The molecule has 0 unspecified atom stereocenters. The molecule has 0 aliphatic carbocycles. The number of nitrogens with one attached hydrogen (secondary N) is 1. The zero-order chi connectivity index (χ0) is 13.9. The van der Waals surface area contributed by atoms with E-state index in [1.165, 1.54) is 11.1 Å². The summed E-state index contributed by atoms with van der Waals surface area (Å²) < 4.78 is 5.34. The molecule has 0 fully saturated rings. The minimum absolute atomic E-state index is 0.0887. The average Bonchev–Trinajstić information content (AvgIpc) is 2.46. The highest BCUT2D eigenvalue weighted by molar-refractivity contribution is 5.95. The molecule has 1 aliphatic rings. The molecule has 1 aliphatic heterocycles. The molecule has 1 heterocycles. The Morgan fingerprint density at radius 3 is 2.85 bits per heavy atom. The summed E-state index contributed by atoms with van der Waals surface area (Å²) in [5.41, 5.74) is 4.18. The summed E-state index contributed by atoms with van der Waals surface area (Å²) in [4.78, 5) is 11.3. The van der Waals surface area contributed by atoms with Gasteiger partial charge in [0.1, 0.15) is 5.75 Å². The number of fused-ring (bicyclic) bond motifs is 1. The Kier molecular flexibility index (Phi) is 3.25. The van der Waals surface area contributed by atoms with E-state index in [1.54, 1.807) is 0 Å². The van der Waals surface area contributed by atoms with E-state index in [9.17, 15) is 4.79 Å². The molecule has 0 saturated carbocycles. The highest BCUT2D eigenvalue weighted by atomic mass is 16.5. The SMILES string of the molecule is Cc1ccccc1C=Cc1ccc2c(c1)NC(=O)CO2. The first-order chi connectivity index (χ1) is 9.72. The maximum atomic E-state index is 11.3. The second kappa shape index (κ2) is 5.21. The quantitative estimate of drug-likeness (QED) is 0.844. The molecule has 3 nitrogen and oxygen atoms in total. The van der Waals surface area contributed by atoms with Gasteiger partial charge in [-0.2, -0.15) is 0 Å². The van der Waals surface area contributed by atoms with Gasteiger partial charge in [0, 0.05) is 0 Å². The number of anilines is 1. The van der Waals surface area contributed by atoms with E-state index < -0.39 is 0 Å². The molecular formula is C17H15NO2. The number of aryl methyl sites for hydroxylation is 1. The molecule has 0 saturated heterocycles. The number of amides is 1. The summed E-state index contributed by atoms with van der Waals surface area (Å²) >= 11 is 0. The lowest BCUT2D eigenvalue weighted by atomic mass is 10.1. The van der Waals surface area contributed by atoms with Crippen LogP contribution in [0.4, 0.5) is 5.69 Å². The fourth-order valence-electron chi connectivity index (χ4n) is 2.16. The van der Waals surface area contributed by atoms with Crippen molar-refractivity contribution in [2.75, 3.05) is 11.9 Å². The first-order valence-corrected chi connectivity index (χ1v) is 6.53. The summed E-state index contributed by atoms with van der Waals surface area (Å²) in [6, 6.07) is 14.0. The van der Waals surface area contributed by atoms with E-state index in [0.29, 0.717) is 0 Å². The third-order valence-corrected chi connectivity index (χ3v) is 3.28. The van der Waals surface area contributed by atoms with Crippen molar-refractivity contribution in [1.82, 2.24) is 0 Å². The highest BCUT2D eigenvalue weighted by Crippen LogP contribution is 2.29. The van der Waals surface area contributed by atoms with E-state index >= 15 is 0 Å². The monoisotopic (exact) mass is 265 g/mol. The first-order valence-electron chi connectivity index (χ1n) is 6.53. The Morgan fingerprint density at radius 1 is 1.15 bits per heavy atom. The molecule has 2 aromatic rings. The van der Waals surface area contributed by atoms with Gasteiger partial charge in [0.25, 0.3) is 5.91 Å². The smallest absolute Gasteiger partial charge is 0.262 e. The summed E-state index contributed by atoms with van der Waals surface area (Å²) in [7, 11) is 0. The zero-order valence-corrected chi connectivity index (χ0v) is 11.2. The third kappa shape index (κ3) is 2.57. The van der Waals surface area contributed by atoms with Crippen LogP contribution in [0.25, 0.3) is 12.2 Å². The molecule has 20 heavy (non-hydrogen) atoms. The van der Waals surface area contributed by atoms with E-state index in [2.05, 4.69) is 30.4 Å². The second-order valence-corrected chi connectivity index (χ2v) is 4.78. The van der Waals surface area contributed by atoms with Crippen LogP contribution in [-0.2, 0) is 4.79 Å². The van der Waals surface area contributed by atoms with Crippen LogP contribution in [0.2, 0.25) is 0 Å². The summed E-state index contributed by atoms with van der Waals surface area (Å²) in [6.07, 6.45) is 4.10. The molecule has 0 aromatic heterocycles. The highest BCUT2D eigenvalue weighted by Gasteiger charge is 2.15. The van der Waals surface area contributed by atoms with Gasteiger partial charge >= 0.3 is 0 Å². The van der Waals surface area contributed by atoms with E-state index in [-0.39, 0.29) is 12.5 Å². The predicted octanol–water partition coefficient (Wildman–Crippen LogP) is 3.50. The van der Waals surface area contributed by atoms with Gasteiger partial charge in [0.2, 0.25) is 0 Å². The van der Waals surface area contributed by atoms with Gasteiger partial charge in [0.05, 0.1) is 5.69 Å². The fraction of sp³-hybridized carbons (Fsp3) is 0.118. The van der Waals surface area contributed by atoms with Crippen molar-refractivity contribution in [1.29, 1.82) is 0 Å². The minimum atomic E-state index is -0.113. The molecular weight excluding hydrogens is 250 g/mol. The Hall–Kier alpha value is -2.55. The van der Waals surface area contributed by atoms with Gasteiger partial charge in [-0.05, 0) is 35.7 Å². The summed E-state index contributed by atoms with van der Waals surface area (Å²) in [6.45, 7) is 2.17. The largest absolute Gasteiger partial charge is 0.482 e. The molecule has 0 spiro atoms. The van der Waals surface area contributed by atoms with Crippen molar-refractivity contribution in [2.24, 2.45) is 0 Å². The second-order valence-electron chi connectivity index (χ2n) is 4.78. The molecule has 3 heteroatoms. The number of carbonyl (C=O) groups excluding carboxylic acids is 1. The number of hydrogen-bond acceptors (Lipinski definition) is 2. The number of hydrogen-bond donors (Lipinski definition) is 1. The van der Waals surface area contributed by atoms with Crippen LogP contribution in [0.15, 0.2) is 42.5 Å². The Labute approximate surface area is 117 Å². The van der Waals surface area contributed by atoms with Gasteiger partial charge in [-0.3, -0.25) is 4.79 Å². The first kappa shape index (κ1) is 12.5. The maximum Gasteiger partial charge on any atom is 0.262 e. The summed E-state index contributed by atoms with van der Waals surface area (Å²) in [5, 5.41) is 2.81. The van der Waals surface area contributed by atoms with Crippen molar-refractivity contribution in [3.05, 3.63) is 59.2 Å². The van der Waals surface area contributed by atoms with Gasteiger partial charge in [-0.1, -0.05) is 42.5 Å². The molecule has 3 rings (SSSR count). The molecule has 0 atom stereocenters. The molecule has 1 N–H and O–H groups in total. The van der Waals surface area contributed by atoms with Crippen molar-refractivity contribution in [2.45, 2.75) is 6.92 Å². The number of benzene rings is 2. The maximum absolute atomic E-state index is 11.3. The lowest BCUT2D eigenvalue weighted by Gasteiger charge is -2.17. The van der Waals surface area contributed by atoms with Crippen molar-refractivity contribution in [3.8, 4) is 5.75 Å². The predicted molar refractivity (Wildman–Crippen MR) is 80.7 cm³/mol.